The zero-order valence-corrected chi connectivity index (χ0v) is 39.0. The fraction of sp³-hybridized carbons (Fsp3) is 0.196. The molecule has 10 rings (SSSR count). The summed E-state index contributed by atoms with van der Waals surface area (Å²) in [7, 11) is 0. The molecule has 0 spiro atoms. The first-order valence-electron chi connectivity index (χ1n) is 22.7. The predicted molar refractivity (Wildman–Crippen MR) is 253 cm³/mol. The zero-order chi connectivity index (χ0) is 46.7. The van der Waals surface area contributed by atoms with Crippen LogP contribution in [0.15, 0.2) is 138 Å². The molecular weight excluding hydrogens is 975 g/mol. The van der Waals surface area contributed by atoms with Crippen molar-refractivity contribution in [2.24, 2.45) is 0 Å². The van der Waals surface area contributed by atoms with Gasteiger partial charge in [-0.3, -0.25) is 14.4 Å². The van der Waals surface area contributed by atoms with Gasteiger partial charge in [-0.1, -0.05) is 145 Å². The molecule has 6 aromatic carbocycles. The molecule has 0 amide bonds. The maximum Gasteiger partial charge on any atom is 0.123 e. The Labute approximate surface area is 390 Å². The summed E-state index contributed by atoms with van der Waals surface area (Å²) in [5.41, 5.74) is 11.9. The van der Waals surface area contributed by atoms with E-state index >= 15 is 0 Å². The number of imidazole rings is 1. The van der Waals surface area contributed by atoms with Crippen molar-refractivity contribution in [2.75, 3.05) is 0 Å². The number of benzene rings is 6. The molecule has 64 heavy (non-hydrogen) atoms. The topological polar surface area (TPSA) is 56.7 Å². The van der Waals surface area contributed by atoms with Crippen molar-refractivity contribution in [3.8, 4) is 39.5 Å². The molecule has 4 heterocycles. The van der Waals surface area contributed by atoms with Crippen molar-refractivity contribution in [3.05, 3.63) is 180 Å². The summed E-state index contributed by atoms with van der Waals surface area (Å²) in [4.78, 5) is 14.3. The summed E-state index contributed by atoms with van der Waals surface area (Å²) >= 11 is 0. The average molecular weight is 1030 g/mol. The Morgan fingerprint density at radius 1 is 0.703 bits per heavy atom. The van der Waals surface area contributed by atoms with E-state index in [1.54, 1.807) is 24.4 Å². The van der Waals surface area contributed by atoms with E-state index in [-0.39, 0.29) is 54.3 Å². The molecule has 0 N–H and O–H groups in total. The van der Waals surface area contributed by atoms with Gasteiger partial charge in [-0.05, 0) is 75.0 Å². The van der Waals surface area contributed by atoms with Crippen LogP contribution >= 0.6 is 0 Å². The fourth-order valence-corrected chi connectivity index (χ4v) is 8.26. The van der Waals surface area contributed by atoms with Crippen LogP contribution in [-0.4, -0.2) is 19.5 Å². The monoisotopic (exact) mass is 1030 g/mol. The summed E-state index contributed by atoms with van der Waals surface area (Å²) in [6, 6.07) is 43.7. The van der Waals surface area contributed by atoms with Gasteiger partial charge in [0.05, 0.1) is 34.2 Å². The van der Waals surface area contributed by atoms with Crippen LogP contribution in [0.2, 0.25) is 0 Å². The van der Waals surface area contributed by atoms with E-state index in [0.29, 0.717) is 11.3 Å². The first kappa shape index (κ1) is 40.4. The van der Waals surface area contributed by atoms with Gasteiger partial charge in [0.2, 0.25) is 0 Å². The van der Waals surface area contributed by atoms with E-state index in [0.717, 1.165) is 78.1 Å². The van der Waals surface area contributed by atoms with E-state index in [9.17, 15) is 8.78 Å². The largest absolute Gasteiger partial charge is 0.501 e. The molecule has 0 aliphatic heterocycles. The van der Waals surface area contributed by atoms with Crippen molar-refractivity contribution in [3.63, 3.8) is 0 Å². The number of furan rings is 1. The SMILES string of the molecule is CC(C)c1cccc(C(C)C)c1-n1c(-c2[c-]ccc3c2oc2cc(-c4cccc(F)c4)ccc23)nc2cnc3ccccc3c21.[2H]C([2H])([2H])c1c[c-]c(-c2ccc(C(C)(C)C)cn2)c(F)c1.[Ir]. The normalized spacial score (nSPS) is 12.6. The van der Waals surface area contributed by atoms with Gasteiger partial charge in [-0.15, -0.1) is 42.0 Å². The second-order valence-electron chi connectivity index (χ2n) is 17.6. The second-order valence-corrected chi connectivity index (χ2v) is 17.6. The van der Waals surface area contributed by atoms with Gasteiger partial charge in [0.15, 0.2) is 0 Å². The summed E-state index contributed by atoms with van der Waals surface area (Å²) < 4.78 is 58.9. The second kappa shape index (κ2) is 17.7. The summed E-state index contributed by atoms with van der Waals surface area (Å²) in [6.45, 7) is 12.8. The van der Waals surface area contributed by atoms with E-state index in [1.165, 1.54) is 23.3 Å². The van der Waals surface area contributed by atoms with Gasteiger partial charge in [-0.25, -0.2) is 4.39 Å². The number of aromatic nitrogens is 4. The fourth-order valence-electron chi connectivity index (χ4n) is 8.26. The Morgan fingerprint density at radius 3 is 2.14 bits per heavy atom. The number of hydrogen-bond acceptors (Lipinski definition) is 4. The van der Waals surface area contributed by atoms with E-state index in [4.69, 9.17) is 18.5 Å². The molecular formula is C56H48F2IrN4O-2. The Bertz CT molecular complexity index is 3420. The molecule has 10 aromatic rings. The summed E-state index contributed by atoms with van der Waals surface area (Å²) in [6.07, 6.45) is 3.58. The van der Waals surface area contributed by atoms with Crippen molar-refractivity contribution in [1.29, 1.82) is 0 Å². The average Bonchev–Trinajstić information content (AvgIpc) is 3.87. The third-order valence-corrected chi connectivity index (χ3v) is 11.5. The third-order valence-electron chi connectivity index (χ3n) is 11.5. The van der Waals surface area contributed by atoms with Gasteiger partial charge in [0.1, 0.15) is 11.4 Å². The van der Waals surface area contributed by atoms with Crippen LogP contribution in [-0.2, 0) is 25.5 Å². The molecule has 0 saturated heterocycles. The first-order valence-corrected chi connectivity index (χ1v) is 21.2. The van der Waals surface area contributed by atoms with Crippen molar-refractivity contribution in [1.82, 2.24) is 19.5 Å². The molecule has 4 aromatic heterocycles. The molecule has 323 valence electrons. The third kappa shape index (κ3) is 8.29. The maximum absolute atomic E-state index is 14.1. The van der Waals surface area contributed by atoms with E-state index < -0.39 is 12.7 Å². The van der Waals surface area contributed by atoms with Gasteiger partial charge in [0.25, 0.3) is 0 Å². The predicted octanol–water partition coefficient (Wildman–Crippen LogP) is 15.3. The van der Waals surface area contributed by atoms with Crippen molar-refractivity contribution < 1.29 is 37.4 Å². The van der Waals surface area contributed by atoms with Crippen LogP contribution in [0.1, 0.15) is 86.7 Å². The number of nitrogens with zero attached hydrogens (tertiary/aromatic N) is 4. The number of fused-ring (bicyclic) bond motifs is 6. The number of rotatable bonds is 6. The summed E-state index contributed by atoms with van der Waals surface area (Å²) in [5.74, 6) is 0.430. The van der Waals surface area contributed by atoms with Gasteiger partial charge < -0.3 is 14.0 Å². The van der Waals surface area contributed by atoms with Crippen LogP contribution in [0.5, 0.6) is 0 Å². The number of halogens is 2. The number of aryl methyl sites for hydroxylation is 1. The maximum atomic E-state index is 14.1. The molecule has 0 unspecified atom stereocenters. The van der Waals surface area contributed by atoms with Crippen LogP contribution in [0, 0.1) is 30.6 Å². The zero-order valence-electron chi connectivity index (χ0n) is 39.6. The quantitative estimate of drug-likeness (QED) is 0.156. The standard InChI is InChI=1S/C40H31FN3O.C16H17FN.Ir/c1-23(2)28-13-8-14-29(24(3)4)37(28)44-38-32-12-5-6-17-34(32)42-22-35(38)43-40(44)33-16-9-15-31-30-19-18-26(21-36(30)45-39(31)33)25-10-7-11-27(41)20-25;1-11-5-7-13(14(17)9-11)15-8-6-12(10-18-15)16(2,3)4;/h5-15,17-24H,1-4H3;5-6,8-10H,1-4H3;/q2*-1;/i;1D3;. The minimum absolute atomic E-state index is 0. The molecule has 8 heteroatoms. The molecule has 0 aliphatic rings. The van der Waals surface area contributed by atoms with Gasteiger partial charge in [0, 0.05) is 52.7 Å². The Hall–Kier alpha value is -6.34. The van der Waals surface area contributed by atoms with E-state index in [1.807, 2.05) is 54.7 Å². The minimum Gasteiger partial charge on any atom is -0.501 e. The van der Waals surface area contributed by atoms with Gasteiger partial charge in [-0.2, -0.15) is 0 Å². The van der Waals surface area contributed by atoms with Crippen LogP contribution in [0.4, 0.5) is 8.78 Å². The van der Waals surface area contributed by atoms with Crippen LogP contribution < -0.4 is 0 Å². The molecule has 0 fully saturated rings. The number of pyridine rings is 2. The summed E-state index contributed by atoms with van der Waals surface area (Å²) in [5, 5.41) is 3.01. The smallest absolute Gasteiger partial charge is 0.123 e. The van der Waals surface area contributed by atoms with Crippen LogP contribution in [0.25, 0.3) is 83.3 Å². The Morgan fingerprint density at radius 2 is 1.45 bits per heavy atom. The number of para-hydroxylation sites is 2. The molecule has 0 aliphatic carbocycles. The minimum atomic E-state index is -2.33. The molecule has 0 atom stereocenters. The molecule has 1 radical (unpaired) electrons. The van der Waals surface area contributed by atoms with Crippen molar-refractivity contribution in [2.45, 2.75) is 72.6 Å². The van der Waals surface area contributed by atoms with Crippen molar-refractivity contribution >= 4 is 43.9 Å². The Balaban J connectivity index is 0.000000234. The molecule has 0 bridgehead atoms. The van der Waals surface area contributed by atoms with E-state index in [2.05, 4.69) is 107 Å². The molecule has 0 saturated carbocycles. The van der Waals surface area contributed by atoms with Gasteiger partial charge >= 0.3 is 0 Å². The molecule has 5 nitrogen and oxygen atoms in total. The Kier molecular flexibility index (Phi) is 11.2. The first-order chi connectivity index (χ1) is 31.5. The van der Waals surface area contributed by atoms with Crippen LogP contribution in [0.3, 0.4) is 0 Å². The number of hydrogen-bond donors (Lipinski definition) is 0.